The topological polar surface area (TPSA) is 123 Å². The number of hydrogen-bond acceptors (Lipinski definition) is 7. The summed E-state index contributed by atoms with van der Waals surface area (Å²) in [7, 11) is 0. The Balaban J connectivity index is 1.69. The molecule has 0 aliphatic heterocycles. The van der Waals surface area contributed by atoms with E-state index in [1.165, 1.54) is 24.7 Å². The van der Waals surface area contributed by atoms with Crippen LogP contribution in [0.25, 0.3) is 0 Å². The minimum Gasteiger partial charge on any atom is -0.397 e. The Morgan fingerprint density at radius 2 is 1.87 bits per heavy atom. The van der Waals surface area contributed by atoms with Crippen molar-refractivity contribution in [2.45, 2.75) is 19.1 Å². The van der Waals surface area contributed by atoms with Gasteiger partial charge in [0.15, 0.2) is 0 Å². The maximum atomic E-state index is 13.0. The van der Waals surface area contributed by atoms with Crippen LogP contribution in [0.4, 0.5) is 24.7 Å². The standard InChI is InChI=1S/C18H14ClF3N6O2S/c1-8(27-15(29)9-2-10(23)5-24-4-9)17-26-7-13(31-17)16(30)28-14-3-11(18(20,21)22)12(19)6-25-14/h2-8H,23H2,1H3,(H,27,29)(H,25,28,30). The van der Waals surface area contributed by atoms with Gasteiger partial charge in [0, 0.05) is 18.6 Å². The molecule has 0 saturated heterocycles. The number of pyridine rings is 2. The first-order chi connectivity index (χ1) is 14.5. The number of rotatable bonds is 5. The number of nitrogens with zero attached hydrogens (tertiary/aromatic N) is 3. The van der Waals surface area contributed by atoms with Gasteiger partial charge in [-0.25, -0.2) is 9.97 Å². The number of aromatic nitrogens is 3. The van der Waals surface area contributed by atoms with Crippen LogP contribution >= 0.6 is 22.9 Å². The van der Waals surface area contributed by atoms with Crippen molar-refractivity contribution in [1.29, 1.82) is 0 Å². The lowest BCUT2D eigenvalue weighted by Crippen LogP contribution is -2.26. The number of nitrogens with two attached hydrogens (primary N) is 1. The SMILES string of the molecule is CC(NC(=O)c1cncc(N)c1)c1ncc(C(=O)Nc2cc(C(F)(F)F)c(Cl)cn2)s1. The molecule has 0 fully saturated rings. The van der Waals surface area contributed by atoms with E-state index in [-0.39, 0.29) is 16.3 Å². The van der Waals surface area contributed by atoms with Gasteiger partial charge >= 0.3 is 6.18 Å². The fourth-order valence-electron chi connectivity index (χ4n) is 2.42. The van der Waals surface area contributed by atoms with Gasteiger partial charge in [0.25, 0.3) is 11.8 Å². The smallest absolute Gasteiger partial charge is 0.397 e. The summed E-state index contributed by atoms with van der Waals surface area (Å²) in [6.45, 7) is 1.66. The molecule has 3 heterocycles. The third-order valence-electron chi connectivity index (χ3n) is 3.89. The largest absolute Gasteiger partial charge is 0.418 e. The maximum absolute atomic E-state index is 13.0. The molecule has 0 saturated carbocycles. The van der Waals surface area contributed by atoms with Gasteiger partial charge in [-0.15, -0.1) is 11.3 Å². The highest BCUT2D eigenvalue weighted by Crippen LogP contribution is 2.35. The van der Waals surface area contributed by atoms with E-state index in [2.05, 4.69) is 25.6 Å². The van der Waals surface area contributed by atoms with Crippen molar-refractivity contribution in [1.82, 2.24) is 20.3 Å². The average molecular weight is 471 g/mol. The molecular weight excluding hydrogens is 457 g/mol. The maximum Gasteiger partial charge on any atom is 0.418 e. The van der Waals surface area contributed by atoms with E-state index in [1.807, 2.05) is 0 Å². The number of amides is 2. The summed E-state index contributed by atoms with van der Waals surface area (Å²) in [5.74, 6) is -1.45. The molecule has 0 spiro atoms. The number of anilines is 2. The predicted molar refractivity (Wildman–Crippen MR) is 109 cm³/mol. The van der Waals surface area contributed by atoms with Crippen LogP contribution in [0, 0.1) is 0 Å². The Labute approximate surface area is 182 Å². The van der Waals surface area contributed by atoms with E-state index >= 15 is 0 Å². The molecule has 0 aromatic carbocycles. The van der Waals surface area contributed by atoms with Crippen molar-refractivity contribution in [2.75, 3.05) is 11.1 Å². The molecule has 31 heavy (non-hydrogen) atoms. The first-order valence-electron chi connectivity index (χ1n) is 8.56. The molecular formula is C18H14ClF3N6O2S. The average Bonchev–Trinajstić information content (AvgIpc) is 3.19. The van der Waals surface area contributed by atoms with Crippen molar-refractivity contribution < 1.29 is 22.8 Å². The summed E-state index contributed by atoms with van der Waals surface area (Å²) >= 11 is 6.49. The summed E-state index contributed by atoms with van der Waals surface area (Å²) < 4.78 is 38.9. The normalized spacial score (nSPS) is 12.3. The van der Waals surface area contributed by atoms with Crippen molar-refractivity contribution in [2.24, 2.45) is 0 Å². The minimum absolute atomic E-state index is 0.118. The molecule has 0 radical (unpaired) electrons. The molecule has 3 aromatic rings. The molecule has 0 aliphatic rings. The molecule has 4 N–H and O–H groups in total. The van der Waals surface area contributed by atoms with Crippen molar-refractivity contribution >= 4 is 46.3 Å². The van der Waals surface area contributed by atoms with Gasteiger partial charge in [-0.1, -0.05) is 11.6 Å². The van der Waals surface area contributed by atoms with E-state index in [1.54, 1.807) is 6.92 Å². The summed E-state index contributed by atoms with van der Waals surface area (Å²) in [6.07, 6.45) is 0.123. The molecule has 1 unspecified atom stereocenters. The van der Waals surface area contributed by atoms with Crippen LogP contribution < -0.4 is 16.4 Å². The second kappa shape index (κ2) is 8.86. The Hall–Kier alpha value is -3.25. The van der Waals surface area contributed by atoms with Gasteiger partial charge in [-0.05, 0) is 19.1 Å². The van der Waals surface area contributed by atoms with Crippen LogP contribution in [-0.4, -0.2) is 26.8 Å². The lowest BCUT2D eigenvalue weighted by molar-refractivity contribution is -0.137. The molecule has 3 aromatic heterocycles. The molecule has 162 valence electrons. The number of carbonyl (C=O) groups is 2. The summed E-state index contributed by atoms with van der Waals surface area (Å²) in [4.78, 5) is 36.4. The predicted octanol–water partition coefficient (Wildman–Crippen LogP) is 3.93. The number of hydrogen-bond donors (Lipinski definition) is 3. The fraction of sp³-hybridized carbons (Fsp3) is 0.167. The van der Waals surface area contributed by atoms with E-state index in [0.29, 0.717) is 16.8 Å². The van der Waals surface area contributed by atoms with Crippen LogP contribution in [0.3, 0.4) is 0 Å². The van der Waals surface area contributed by atoms with Crippen LogP contribution in [-0.2, 0) is 6.18 Å². The van der Waals surface area contributed by atoms with E-state index in [0.717, 1.165) is 17.5 Å². The van der Waals surface area contributed by atoms with Gasteiger partial charge in [-0.2, -0.15) is 13.2 Å². The molecule has 0 aliphatic carbocycles. The number of halogens is 4. The number of carbonyl (C=O) groups excluding carboxylic acids is 2. The Bertz CT molecular complexity index is 1140. The lowest BCUT2D eigenvalue weighted by Gasteiger charge is -2.11. The van der Waals surface area contributed by atoms with Crippen LogP contribution in [0.1, 0.15) is 43.6 Å². The number of alkyl halides is 3. The van der Waals surface area contributed by atoms with Crippen molar-refractivity contribution in [3.05, 3.63) is 63.0 Å². The van der Waals surface area contributed by atoms with Gasteiger partial charge in [0.1, 0.15) is 15.7 Å². The summed E-state index contributed by atoms with van der Waals surface area (Å²) in [5, 5.41) is 4.81. The number of nitrogen functional groups attached to an aromatic ring is 1. The zero-order chi connectivity index (χ0) is 22.8. The molecule has 3 rings (SSSR count). The zero-order valence-corrected chi connectivity index (χ0v) is 17.3. The lowest BCUT2D eigenvalue weighted by atomic mass is 10.2. The summed E-state index contributed by atoms with van der Waals surface area (Å²) in [6, 6.07) is 1.56. The first kappa shape index (κ1) is 22.4. The van der Waals surface area contributed by atoms with Gasteiger partial charge in [-0.3, -0.25) is 14.6 Å². The van der Waals surface area contributed by atoms with Gasteiger partial charge in [0.2, 0.25) is 0 Å². The third kappa shape index (κ3) is 5.47. The first-order valence-corrected chi connectivity index (χ1v) is 9.75. The van der Waals surface area contributed by atoms with E-state index in [9.17, 15) is 22.8 Å². The van der Waals surface area contributed by atoms with Crippen molar-refractivity contribution in [3.8, 4) is 0 Å². The van der Waals surface area contributed by atoms with E-state index in [4.69, 9.17) is 17.3 Å². The highest BCUT2D eigenvalue weighted by molar-refractivity contribution is 7.13. The Kier molecular flexibility index (Phi) is 6.41. The second-order valence-electron chi connectivity index (χ2n) is 6.27. The monoisotopic (exact) mass is 470 g/mol. The van der Waals surface area contributed by atoms with Gasteiger partial charge < -0.3 is 16.4 Å². The molecule has 2 amide bonds. The Morgan fingerprint density at radius 1 is 1.13 bits per heavy atom. The number of nitrogens with one attached hydrogen (secondary N) is 2. The Morgan fingerprint density at radius 3 is 2.55 bits per heavy atom. The van der Waals surface area contributed by atoms with Crippen LogP contribution in [0.2, 0.25) is 5.02 Å². The van der Waals surface area contributed by atoms with Crippen LogP contribution in [0.5, 0.6) is 0 Å². The highest BCUT2D eigenvalue weighted by atomic mass is 35.5. The molecule has 8 nitrogen and oxygen atoms in total. The minimum atomic E-state index is -4.69. The highest BCUT2D eigenvalue weighted by Gasteiger charge is 2.34. The molecule has 13 heteroatoms. The fourth-order valence-corrected chi connectivity index (χ4v) is 3.44. The van der Waals surface area contributed by atoms with Crippen molar-refractivity contribution in [3.63, 3.8) is 0 Å². The third-order valence-corrected chi connectivity index (χ3v) is 5.37. The zero-order valence-electron chi connectivity index (χ0n) is 15.7. The van der Waals surface area contributed by atoms with Crippen LogP contribution in [0.15, 0.2) is 36.9 Å². The number of thiazole rings is 1. The molecule has 1 atom stereocenters. The molecule has 0 bridgehead atoms. The second-order valence-corrected chi connectivity index (χ2v) is 7.74. The van der Waals surface area contributed by atoms with E-state index < -0.39 is 34.6 Å². The summed E-state index contributed by atoms with van der Waals surface area (Å²) in [5.41, 5.74) is 5.08. The van der Waals surface area contributed by atoms with Gasteiger partial charge in [0.05, 0.1) is 34.1 Å². The quantitative estimate of drug-likeness (QED) is 0.519.